The molecule has 0 atom stereocenters. The lowest BCUT2D eigenvalue weighted by molar-refractivity contribution is -0.132. The zero-order chi connectivity index (χ0) is 21.6. The molecule has 3 heterocycles. The van der Waals surface area contributed by atoms with Crippen molar-refractivity contribution in [3.05, 3.63) is 106 Å². The first kappa shape index (κ1) is 20.3. The molecule has 0 saturated carbocycles. The van der Waals surface area contributed by atoms with E-state index in [9.17, 15) is 9.59 Å². The van der Waals surface area contributed by atoms with Crippen LogP contribution in [0.25, 0.3) is 11.4 Å². The number of H-pyrrole nitrogens is 1. The number of carbonyl (C=O) groups excluding carboxylic acids is 1. The number of carbonyl (C=O) groups is 1. The van der Waals surface area contributed by atoms with E-state index in [0.717, 1.165) is 5.56 Å². The van der Waals surface area contributed by atoms with Gasteiger partial charge in [-0.1, -0.05) is 30.3 Å². The zero-order valence-electron chi connectivity index (χ0n) is 17.1. The minimum absolute atomic E-state index is 0.0466. The van der Waals surface area contributed by atoms with Gasteiger partial charge in [0.2, 0.25) is 5.91 Å². The Morgan fingerprint density at radius 1 is 1.06 bits per heavy atom. The summed E-state index contributed by atoms with van der Waals surface area (Å²) in [5.41, 5.74) is 2.27. The Balaban J connectivity index is 1.58. The van der Waals surface area contributed by atoms with Crippen LogP contribution in [0, 0.1) is 6.92 Å². The average Bonchev–Trinajstić information content (AvgIpc) is 3.30. The SMILES string of the molecule is Cc1nc(-c2cccnc2)[nH]c(=O)c1CC(=O)N(Cc1ccccc1)Cc1ccco1. The first-order chi connectivity index (χ1) is 15.1. The molecule has 7 heteroatoms. The molecule has 0 unspecified atom stereocenters. The van der Waals surface area contributed by atoms with Gasteiger partial charge in [0.25, 0.3) is 5.56 Å². The summed E-state index contributed by atoms with van der Waals surface area (Å²) in [4.78, 5) is 39.0. The fraction of sp³-hybridized carbons (Fsp3) is 0.167. The van der Waals surface area contributed by atoms with Gasteiger partial charge >= 0.3 is 0 Å². The predicted molar refractivity (Wildman–Crippen MR) is 116 cm³/mol. The number of aromatic amines is 1. The molecule has 31 heavy (non-hydrogen) atoms. The number of aromatic nitrogens is 3. The Bertz CT molecular complexity index is 1200. The Morgan fingerprint density at radius 2 is 1.90 bits per heavy atom. The van der Waals surface area contributed by atoms with Crippen LogP contribution in [0.15, 0.2) is 82.5 Å². The molecule has 7 nitrogen and oxygen atoms in total. The smallest absolute Gasteiger partial charge is 0.255 e. The van der Waals surface area contributed by atoms with Gasteiger partial charge in [0.05, 0.1) is 19.2 Å². The van der Waals surface area contributed by atoms with E-state index in [1.165, 1.54) is 0 Å². The van der Waals surface area contributed by atoms with E-state index in [-0.39, 0.29) is 17.9 Å². The maximum absolute atomic E-state index is 13.2. The van der Waals surface area contributed by atoms with Gasteiger partial charge in [-0.05, 0) is 36.8 Å². The molecule has 4 aromatic rings. The van der Waals surface area contributed by atoms with Crippen LogP contribution < -0.4 is 5.56 Å². The number of hydrogen-bond acceptors (Lipinski definition) is 5. The van der Waals surface area contributed by atoms with E-state index >= 15 is 0 Å². The van der Waals surface area contributed by atoms with Crippen LogP contribution >= 0.6 is 0 Å². The van der Waals surface area contributed by atoms with E-state index in [2.05, 4.69) is 15.0 Å². The number of benzene rings is 1. The van der Waals surface area contributed by atoms with Crippen molar-refractivity contribution in [3.8, 4) is 11.4 Å². The summed E-state index contributed by atoms with van der Waals surface area (Å²) >= 11 is 0. The van der Waals surface area contributed by atoms with Crippen LogP contribution in [-0.2, 0) is 24.3 Å². The number of nitrogens with one attached hydrogen (secondary N) is 1. The van der Waals surface area contributed by atoms with Gasteiger partial charge in [-0.15, -0.1) is 0 Å². The summed E-state index contributed by atoms with van der Waals surface area (Å²) in [6, 6.07) is 16.9. The van der Waals surface area contributed by atoms with Crippen LogP contribution in [0.3, 0.4) is 0 Å². The molecule has 1 N–H and O–H groups in total. The summed E-state index contributed by atoms with van der Waals surface area (Å²) in [5, 5.41) is 0. The summed E-state index contributed by atoms with van der Waals surface area (Å²) in [6.45, 7) is 2.48. The second kappa shape index (κ2) is 9.21. The van der Waals surface area contributed by atoms with Crippen molar-refractivity contribution in [2.75, 3.05) is 0 Å². The second-order valence-electron chi connectivity index (χ2n) is 7.21. The van der Waals surface area contributed by atoms with Gasteiger partial charge in [0.1, 0.15) is 11.6 Å². The topological polar surface area (TPSA) is 92.1 Å². The van der Waals surface area contributed by atoms with Gasteiger partial charge in [-0.3, -0.25) is 14.6 Å². The van der Waals surface area contributed by atoms with E-state index in [4.69, 9.17) is 4.42 Å². The highest BCUT2D eigenvalue weighted by molar-refractivity contribution is 5.79. The fourth-order valence-corrected chi connectivity index (χ4v) is 3.35. The van der Waals surface area contributed by atoms with Crippen molar-refractivity contribution in [1.82, 2.24) is 19.9 Å². The molecule has 156 valence electrons. The lowest BCUT2D eigenvalue weighted by atomic mass is 10.1. The quantitative estimate of drug-likeness (QED) is 0.500. The number of rotatable bonds is 7. The maximum atomic E-state index is 13.2. The molecule has 1 amide bonds. The molecule has 0 aliphatic heterocycles. The molecule has 0 radical (unpaired) electrons. The molecule has 0 aliphatic rings. The fourth-order valence-electron chi connectivity index (χ4n) is 3.35. The normalized spacial score (nSPS) is 10.7. The standard InChI is InChI=1S/C24H22N4O3/c1-17-21(24(30)27-23(26-17)19-9-5-11-25-14-19)13-22(29)28(16-20-10-6-12-31-20)15-18-7-3-2-4-8-18/h2-12,14H,13,15-16H2,1H3,(H,26,27,30). The average molecular weight is 414 g/mol. The Kier molecular flexibility index (Phi) is 6.03. The molecule has 0 bridgehead atoms. The molecule has 0 saturated heterocycles. The van der Waals surface area contributed by atoms with Crippen molar-refractivity contribution < 1.29 is 9.21 Å². The third-order valence-electron chi connectivity index (χ3n) is 4.98. The van der Waals surface area contributed by atoms with Crippen molar-refractivity contribution >= 4 is 5.91 Å². The van der Waals surface area contributed by atoms with Crippen molar-refractivity contribution in [3.63, 3.8) is 0 Å². The van der Waals surface area contributed by atoms with Crippen LogP contribution in [0.4, 0.5) is 0 Å². The number of pyridine rings is 1. The van der Waals surface area contributed by atoms with Crippen LogP contribution in [0.1, 0.15) is 22.6 Å². The number of amides is 1. The van der Waals surface area contributed by atoms with Gasteiger partial charge in [0.15, 0.2) is 0 Å². The number of furan rings is 1. The highest BCUT2D eigenvalue weighted by Gasteiger charge is 2.20. The van der Waals surface area contributed by atoms with Crippen LogP contribution in [-0.4, -0.2) is 25.8 Å². The first-order valence-electron chi connectivity index (χ1n) is 9.94. The molecule has 0 aliphatic carbocycles. The summed E-state index contributed by atoms with van der Waals surface area (Å²) in [7, 11) is 0. The molecular formula is C24H22N4O3. The van der Waals surface area contributed by atoms with Gasteiger partial charge in [-0.25, -0.2) is 4.98 Å². The van der Waals surface area contributed by atoms with Crippen LogP contribution in [0.5, 0.6) is 0 Å². The van der Waals surface area contributed by atoms with Crippen molar-refractivity contribution in [1.29, 1.82) is 0 Å². The Morgan fingerprint density at radius 3 is 2.58 bits per heavy atom. The molecule has 4 rings (SSSR count). The highest BCUT2D eigenvalue weighted by atomic mass is 16.3. The third-order valence-corrected chi connectivity index (χ3v) is 4.98. The molecular weight excluding hydrogens is 392 g/mol. The summed E-state index contributed by atoms with van der Waals surface area (Å²) in [6.07, 6.45) is 4.82. The molecule has 3 aromatic heterocycles. The lowest BCUT2D eigenvalue weighted by Crippen LogP contribution is -2.33. The van der Waals surface area contributed by atoms with Crippen molar-refractivity contribution in [2.45, 2.75) is 26.4 Å². The lowest BCUT2D eigenvalue weighted by Gasteiger charge is -2.22. The van der Waals surface area contributed by atoms with E-state index < -0.39 is 0 Å². The van der Waals surface area contributed by atoms with Gasteiger partial charge < -0.3 is 14.3 Å². The highest BCUT2D eigenvalue weighted by Crippen LogP contribution is 2.15. The minimum atomic E-state index is -0.322. The number of hydrogen-bond donors (Lipinski definition) is 1. The van der Waals surface area contributed by atoms with E-state index in [0.29, 0.717) is 41.5 Å². The minimum Gasteiger partial charge on any atom is -0.467 e. The third kappa shape index (κ3) is 4.95. The number of nitrogens with zero attached hydrogens (tertiary/aromatic N) is 3. The van der Waals surface area contributed by atoms with Gasteiger partial charge in [0, 0.05) is 35.8 Å². The van der Waals surface area contributed by atoms with Gasteiger partial charge in [-0.2, -0.15) is 0 Å². The maximum Gasteiger partial charge on any atom is 0.255 e. The summed E-state index contributed by atoms with van der Waals surface area (Å²) in [5.74, 6) is 0.938. The molecule has 1 aromatic carbocycles. The molecule has 0 fully saturated rings. The monoisotopic (exact) mass is 414 g/mol. The zero-order valence-corrected chi connectivity index (χ0v) is 17.1. The summed E-state index contributed by atoms with van der Waals surface area (Å²) < 4.78 is 5.43. The second-order valence-corrected chi connectivity index (χ2v) is 7.21. The van der Waals surface area contributed by atoms with E-state index in [1.807, 2.05) is 42.5 Å². The Hall–Kier alpha value is -4.00. The first-order valence-corrected chi connectivity index (χ1v) is 9.94. The van der Waals surface area contributed by atoms with Crippen molar-refractivity contribution in [2.24, 2.45) is 0 Å². The Labute approximate surface area is 179 Å². The van der Waals surface area contributed by atoms with E-state index in [1.54, 1.807) is 42.6 Å². The largest absolute Gasteiger partial charge is 0.467 e. The number of aryl methyl sites for hydroxylation is 1. The van der Waals surface area contributed by atoms with Crippen LogP contribution in [0.2, 0.25) is 0 Å². The predicted octanol–water partition coefficient (Wildman–Crippen LogP) is 3.50. The molecule has 0 spiro atoms.